The number of carbonyl (C=O) groups excluding carboxylic acids is 6. The number of aliphatic hydroxyl groups is 1. The van der Waals surface area contributed by atoms with Gasteiger partial charge in [0.1, 0.15) is 6.61 Å². The minimum Gasteiger partial charge on any atom is -0.461 e. The summed E-state index contributed by atoms with van der Waals surface area (Å²) in [5.41, 5.74) is 4.71. The van der Waals surface area contributed by atoms with Crippen LogP contribution in [0.5, 0.6) is 0 Å². The lowest BCUT2D eigenvalue weighted by Crippen LogP contribution is -2.28. The fourth-order valence-electron chi connectivity index (χ4n) is 5.62. The van der Waals surface area contributed by atoms with Crippen molar-refractivity contribution in [3.8, 4) is 0 Å². The molecule has 0 aromatic heterocycles. The van der Waals surface area contributed by atoms with Crippen LogP contribution in [0.25, 0.3) is 0 Å². The predicted octanol–water partition coefficient (Wildman–Crippen LogP) is 5.46. The molecule has 10 nitrogen and oxygen atoms in total. The molecular formula is C40H35ClN2O8. The predicted molar refractivity (Wildman–Crippen MR) is 195 cm³/mol. The molecule has 0 spiro atoms. The average molecular weight is 707 g/mol. The first-order chi connectivity index (χ1) is 24.5. The number of aliphatic hydroxyl groups excluding tert-OH is 1. The molecule has 6 rings (SSSR count). The van der Waals surface area contributed by atoms with Crippen LogP contribution in [0.15, 0.2) is 110 Å². The van der Waals surface area contributed by atoms with Crippen LogP contribution in [0, 0.1) is 0 Å². The lowest BCUT2D eigenvalue weighted by molar-refractivity contribution is -0.137. The lowest BCUT2D eigenvalue weighted by atomic mass is 9.83. The van der Waals surface area contributed by atoms with Crippen molar-refractivity contribution in [2.45, 2.75) is 0 Å². The largest absolute Gasteiger partial charge is 0.461 e. The average Bonchev–Trinajstić information content (AvgIpc) is 3.15. The van der Waals surface area contributed by atoms with E-state index in [1.54, 1.807) is 109 Å². The molecule has 4 aromatic carbocycles. The molecule has 0 heterocycles. The van der Waals surface area contributed by atoms with Crippen LogP contribution in [-0.4, -0.2) is 79.8 Å². The first kappa shape index (κ1) is 37.8. The Bertz CT molecular complexity index is 2050. The smallest absolute Gasteiger partial charge is 0.330 e. The Morgan fingerprint density at radius 3 is 1.37 bits per heavy atom. The Morgan fingerprint density at radius 1 is 0.627 bits per heavy atom. The summed E-state index contributed by atoms with van der Waals surface area (Å²) in [5, 5.41) is 8.57. The van der Waals surface area contributed by atoms with Crippen molar-refractivity contribution < 1.29 is 38.6 Å². The van der Waals surface area contributed by atoms with E-state index in [2.05, 4.69) is 13.2 Å². The Hall–Kier alpha value is -5.97. The van der Waals surface area contributed by atoms with Gasteiger partial charge in [0.05, 0.1) is 24.3 Å². The van der Waals surface area contributed by atoms with Gasteiger partial charge in [-0.05, 0) is 29.8 Å². The van der Waals surface area contributed by atoms with E-state index in [0.717, 1.165) is 12.2 Å². The molecule has 2 aliphatic carbocycles. The van der Waals surface area contributed by atoms with Crippen molar-refractivity contribution in [1.29, 1.82) is 0 Å². The van der Waals surface area contributed by atoms with Crippen LogP contribution < -0.4 is 9.80 Å². The van der Waals surface area contributed by atoms with Crippen molar-refractivity contribution in [2.24, 2.45) is 0 Å². The fraction of sp³-hybridized carbons (Fsp3) is 0.150. The van der Waals surface area contributed by atoms with Gasteiger partial charge in [-0.2, -0.15) is 0 Å². The van der Waals surface area contributed by atoms with Gasteiger partial charge in [0.15, 0.2) is 23.1 Å². The Balaban J connectivity index is 0.000000204. The topological polar surface area (TPSA) is 138 Å². The fourth-order valence-corrected chi connectivity index (χ4v) is 5.62. The van der Waals surface area contributed by atoms with E-state index in [0.29, 0.717) is 69.0 Å². The summed E-state index contributed by atoms with van der Waals surface area (Å²) in [5.74, 6) is -1.09. The summed E-state index contributed by atoms with van der Waals surface area (Å²) in [6.45, 7) is 7.35. The third-order valence-electron chi connectivity index (χ3n) is 8.12. The molecule has 0 aliphatic heterocycles. The number of hydrogen-bond donors (Lipinski definition) is 1. The van der Waals surface area contributed by atoms with E-state index in [9.17, 15) is 28.8 Å². The van der Waals surface area contributed by atoms with E-state index < -0.39 is 11.2 Å². The monoisotopic (exact) mass is 706 g/mol. The maximum absolute atomic E-state index is 12.9. The molecule has 4 aromatic rings. The molecule has 1 N–H and O–H groups in total. The zero-order valence-corrected chi connectivity index (χ0v) is 28.8. The number of ketones is 4. The van der Waals surface area contributed by atoms with E-state index in [1.807, 2.05) is 0 Å². The van der Waals surface area contributed by atoms with Crippen LogP contribution in [0.2, 0.25) is 0 Å². The highest BCUT2D eigenvalue weighted by atomic mass is 35.5. The number of benzene rings is 4. The Kier molecular flexibility index (Phi) is 12.7. The Morgan fingerprint density at radius 2 is 1.00 bits per heavy atom. The van der Waals surface area contributed by atoms with Crippen molar-refractivity contribution >= 4 is 57.3 Å². The molecule has 0 atom stereocenters. The molecule has 0 radical (unpaired) electrons. The number of anilines is 2. The van der Waals surface area contributed by atoms with Crippen LogP contribution in [0.3, 0.4) is 0 Å². The van der Waals surface area contributed by atoms with Gasteiger partial charge < -0.3 is 19.6 Å². The van der Waals surface area contributed by atoms with Gasteiger partial charge in [-0.3, -0.25) is 24.0 Å². The lowest BCUT2D eigenvalue weighted by Gasteiger charge is -2.26. The standard InChI is InChI=1S/C20H17NO4.C17H15NO3.C3H3ClO/c1-3-17(22)25-12-11-21(2)16-10-6-9-15-18(16)20(24)14-8-5-4-7-13(14)19(15)23;1-18(9-10-19)14-8-4-7-13-15(14)17(21)12-6-3-2-5-11(12)16(13)20;1-2-3(4)5/h3-10H,1,11-12H2,2H3;2-8,19H,9-10H2,1H3;2H,1H2. The summed E-state index contributed by atoms with van der Waals surface area (Å²) in [4.78, 5) is 75.1. The number of nitrogens with zero attached hydrogens (tertiary/aromatic N) is 2. The van der Waals surface area contributed by atoms with Crippen LogP contribution in [-0.2, 0) is 14.3 Å². The summed E-state index contributed by atoms with van der Waals surface area (Å²) in [6, 6.07) is 24.2. The number of fused-ring (bicyclic) bond motifs is 4. The third-order valence-corrected chi connectivity index (χ3v) is 8.27. The molecule has 260 valence electrons. The maximum Gasteiger partial charge on any atom is 0.330 e. The molecule has 0 fully saturated rings. The van der Waals surface area contributed by atoms with Gasteiger partial charge in [0, 0.05) is 71.5 Å². The molecule has 0 amide bonds. The zero-order chi connectivity index (χ0) is 37.2. The van der Waals surface area contributed by atoms with E-state index in [1.165, 1.54) is 0 Å². The van der Waals surface area contributed by atoms with Gasteiger partial charge in [-0.25, -0.2) is 4.79 Å². The summed E-state index contributed by atoms with van der Waals surface area (Å²) < 4.78 is 4.98. The summed E-state index contributed by atoms with van der Waals surface area (Å²) >= 11 is 4.71. The van der Waals surface area contributed by atoms with Crippen molar-refractivity contribution in [1.82, 2.24) is 0 Å². The highest BCUT2D eigenvalue weighted by Crippen LogP contribution is 2.34. The molecule has 0 unspecified atom stereocenters. The molecule has 2 aliphatic rings. The number of likely N-dealkylation sites (N-methyl/N-ethyl adjacent to an activating group) is 2. The van der Waals surface area contributed by atoms with Crippen molar-refractivity contribution in [3.05, 3.63) is 155 Å². The van der Waals surface area contributed by atoms with Gasteiger partial charge in [-0.15, -0.1) is 0 Å². The second-order valence-electron chi connectivity index (χ2n) is 11.3. The van der Waals surface area contributed by atoms with E-state index in [-0.39, 0.29) is 36.3 Å². The van der Waals surface area contributed by atoms with Crippen molar-refractivity contribution in [3.63, 3.8) is 0 Å². The number of allylic oxidation sites excluding steroid dienone is 1. The highest BCUT2D eigenvalue weighted by molar-refractivity contribution is 6.66. The number of hydrogen-bond acceptors (Lipinski definition) is 10. The third kappa shape index (κ3) is 8.26. The SMILES string of the molecule is C=CC(=O)Cl.C=CC(=O)OCCN(C)c1cccc2c1C(=O)c1ccccc1C2=O.CN(CCO)c1cccc2c1C(=O)c1ccccc1C2=O. The first-order valence-electron chi connectivity index (χ1n) is 15.7. The minimum atomic E-state index is -0.509. The van der Waals surface area contributed by atoms with Gasteiger partial charge in [0.25, 0.3) is 0 Å². The molecule has 51 heavy (non-hydrogen) atoms. The second-order valence-corrected chi connectivity index (χ2v) is 11.6. The maximum atomic E-state index is 12.9. The zero-order valence-electron chi connectivity index (χ0n) is 28.1. The van der Waals surface area contributed by atoms with Gasteiger partial charge >= 0.3 is 5.97 Å². The van der Waals surface area contributed by atoms with Crippen LogP contribution in [0.1, 0.15) is 63.7 Å². The number of carbonyl (C=O) groups is 6. The molecule has 11 heteroatoms. The number of ether oxygens (including phenoxy) is 1. The van der Waals surface area contributed by atoms with Gasteiger partial charge in [0.2, 0.25) is 5.24 Å². The number of esters is 1. The van der Waals surface area contributed by atoms with Crippen LogP contribution >= 0.6 is 11.6 Å². The summed E-state index contributed by atoms with van der Waals surface area (Å²) in [7, 11) is 3.58. The minimum absolute atomic E-state index is 0.0150. The number of rotatable bonds is 9. The normalized spacial score (nSPS) is 11.9. The molecular weight excluding hydrogens is 672 g/mol. The van der Waals surface area contributed by atoms with Gasteiger partial charge in [-0.1, -0.05) is 86.0 Å². The first-order valence-corrected chi connectivity index (χ1v) is 16.1. The quantitative estimate of drug-likeness (QED) is 0.117. The Labute approximate surface area is 300 Å². The number of halogens is 1. The van der Waals surface area contributed by atoms with Crippen LogP contribution in [0.4, 0.5) is 11.4 Å². The highest BCUT2D eigenvalue weighted by Gasteiger charge is 2.33. The molecule has 0 bridgehead atoms. The second kappa shape index (κ2) is 17.1. The molecule has 0 saturated heterocycles. The van der Waals surface area contributed by atoms with E-state index in [4.69, 9.17) is 21.4 Å². The van der Waals surface area contributed by atoms with E-state index >= 15 is 0 Å². The molecule has 0 saturated carbocycles. The van der Waals surface area contributed by atoms with Crippen molar-refractivity contribution in [2.75, 3.05) is 50.2 Å². The summed E-state index contributed by atoms with van der Waals surface area (Å²) in [6.07, 6.45) is 2.14.